The first-order valence-corrected chi connectivity index (χ1v) is 6.94. The fourth-order valence-electron chi connectivity index (χ4n) is 2.14. The van der Waals surface area contributed by atoms with E-state index >= 15 is 0 Å². The molecule has 110 valence electrons. The first-order chi connectivity index (χ1) is 9.87. The van der Waals surface area contributed by atoms with Crippen LogP contribution in [0, 0.1) is 0 Å². The van der Waals surface area contributed by atoms with Gasteiger partial charge in [0.2, 0.25) is 5.91 Å². The third kappa shape index (κ3) is 4.05. The summed E-state index contributed by atoms with van der Waals surface area (Å²) in [5.74, 6) is -0.438. The summed E-state index contributed by atoms with van der Waals surface area (Å²) in [6.07, 6.45) is 0. The number of rotatable bonds is 3. The van der Waals surface area contributed by atoms with Crippen molar-refractivity contribution in [3.8, 4) is 0 Å². The number of nitrogens with one attached hydrogen (secondary N) is 2. The van der Waals surface area contributed by atoms with Crippen LogP contribution in [0.2, 0.25) is 0 Å². The van der Waals surface area contributed by atoms with Crippen molar-refractivity contribution in [3.63, 3.8) is 0 Å². The second-order valence-electron chi connectivity index (χ2n) is 6.01. The highest BCUT2D eigenvalue weighted by Crippen LogP contribution is 2.18. The molecular formula is C17H20N2O2. The summed E-state index contributed by atoms with van der Waals surface area (Å²) in [5.41, 5.74) is 0.276. The Bertz CT molecular complexity index is 667. The maximum Gasteiger partial charge on any atom is 0.252 e. The van der Waals surface area contributed by atoms with Gasteiger partial charge in [0.15, 0.2) is 0 Å². The zero-order valence-corrected chi connectivity index (χ0v) is 12.6. The molecule has 2 aromatic rings. The molecule has 0 aliphatic carbocycles. The maximum atomic E-state index is 12.2. The van der Waals surface area contributed by atoms with Crippen molar-refractivity contribution in [1.82, 2.24) is 10.6 Å². The molecule has 0 saturated carbocycles. The Balaban J connectivity index is 2.08. The summed E-state index contributed by atoms with van der Waals surface area (Å²) in [6, 6.07) is 13.2. The van der Waals surface area contributed by atoms with Gasteiger partial charge in [-0.3, -0.25) is 9.59 Å². The fraction of sp³-hybridized carbons (Fsp3) is 0.294. The van der Waals surface area contributed by atoms with E-state index < -0.39 is 0 Å². The summed E-state index contributed by atoms with van der Waals surface area (Å²) in [5, 5.41) is 7.36. The first kappa shape index (κ1) is 15.0. The highest BCUT2D eigenvalue weighted by molar-refractivity contribution is 6.07. The molecule has 0 heterocycles. The van der Waals surface area contributed by atoms with E-state index in [1.807, 2.05) is 57.2 Å². The quantitative estimate of drug-likeness (QED) is 0.909. The molecule has 2 N–H and O–H groups in total. The SMILES string of the molecule is CC(C)(C)NC(=O)CNC(=O)c1cccc2ccccc12. The van der Waals surface area contributed by atoms with Crippen molar-refractivity contribution in [2.24, 2.45) is 0 Å². The summed E-state index contributed by atoms with van der Waals surface area (Å²) in [7, 11) is 0. The van der Waals surface area contributed by atoms with E-state index in [1.165, 1.54) is 0 Å². The van der Waals surface area contributed by atoms with Gasteiger partial charge in [-0.05, 0) is 37.6 Å². The average molecular weight is 284 g/mol. The second-order valence-corrected chi connectivity index (χ2v) is 6.01. The standard InChI is InChI=1S/C17H20N2O2/c1-17(2,3)19-15(20)11-18-16(21)14-10-6-8-12-7-4-5-9-13(12)14/h4-10H,11H2,1-3H3,(H,18,21)(H,19,20). The van der Waals surface area contributed by atoms with Crippen molar-refractivity contribution in [1.29, 1.82) is 0 Å². The molecule has 0 aliphatic rings. The third-order valence-electron chi connectivity index (χ3n) is 2.96. The van der Waals surface area contributed by atoms with Gasteiger partial charge >= 0.3 is 0 Å². The van der Waals surface area contributed by atoms with Crippen LogP contribution in [0.4, 0.5) is 0 Å². The summed E-state index contributed by atoms with van der Waals surface area (Å²) < 4.78 is 0. The van der Waals surface area contributed by atoms with Crippen molar-refractivity contribution in [2.45, 2.75) is 26.3 Å². The van der Waals surface area contributed by atoms with E-state index in [0.717, 1.165) is 10.8 Å². The number of hydrogen-bond donors (Lipinski definition) is 2. The number of fused-ring (bicyclic) bond motifs is 1. The third-order valence-corrected chi connectivity index (χ3v) is 2.96. The largest absolute Gasteiger partial charge is 0.350 e. The molecule has 0 unspecified atom stereocenters. The zero-order valence-electron chi connectivity index (χ0n) is 12.6. The van der Waals surface area contributed by atoms with E-state index in [0.29, 0.717) is 5.56 Å². The van der Waals surface area contributed by atoms with E-state index in [-0.39, 0.29) is 23.9 Å². The summed E-state index contributed by atoms with van der Waals surface area (Å²) in [6.45, 7) is 5.67. The molecule has 2 aromatic carbocycles. The minimum absolute atomic E-state index is 0.0284. The summed E-state index contributed by atoms with van der Waals surface area (Å²) >= 11 is 0. The zero-order chi connectivity index (χ0) is 15.5. The molecule has 0 aliphatic heterocycles. The molecule has 2 amide bonds. The Morgan fingerprint density at radius 1 is 1.00 bits per heavy atom. The van der Waals surface area contributed by atoms with Crippen LogP contribution in [-0.2, 0) is 4.79 Å². The monoisotopic (exact) mass is 284 g/mol. The van der Waals surface area contributed by atoms with Gasteiger partial charge in [0, 0.05) is 11.1 Å². The Kier molecular flexibility index (Phi) is 4.26. The molecule has 21 heavy (non-hydrogen) atoms. The molecular weight excluding hydrogens is 264 g/mol. The maximum absolute atomic E-state index is 12.2. The minimum Gasteiger partial charge on any atom is -0.350 e. The van der Waals surface area contributed by atoms with Crippen molar-refractivity contribution >= 4 is 22.6 Å². The van der Waals surface area contributed by atoms with Crippen molar-refractivity contribution < 1.29 is 9.59 Å². The lowest BCUT2D eigenvalue weighted by Crippen LogP contribution is -2.45. The molecule has 0 saturated heterocycles. The smallest absolute Gasteiger partial charge is 0.252 e. The highest BCUT2D eigenvalue weighted by atomic mass is 16.2. The topological polar surface area (TPSA) is 58.2 Å². The Hall–Kier alpha value is -2.36. The van der Waals surface area contributed by atoms with E-state index in [2.05, 4.69) is 10.6 Å². The van der Waals surface area contributed by atoms with Crippen LogP contribution in [0.3, 0.4) is 0 Å². The predicted molar refractivity (Wildman–Crippen MR) is 84.2 cm³/mol. The van der Waals surface area contributed by atoms with Gasteiger partial charge in [-0.15, -0.1) is 0 Å². The minimum atomic E-state index is -0.304. The lowest BCUT2D eigenvalue weighted by Gasteiger charge is -2.20. The van der Waals surface area contributed by atoms with Crippen molar-refractivity contribution in [3.05, 3.63) is 48.0 Å². The van der Waals surface area contributed by atoms with Crippen LogP contribution < -0.4 is 10.6 Å². The molecule has 0 radical (unpaired) electrons. The number of amides is 2. The Morgan fingerprint density at radius 3 is 2.38 bits per heavy atom. The molecule has 0 atom stereocenters. The second kappa shape index (κ2) is 5.95. The Labute approximate surface area is 124 Å². The average Bonchev–Trinajstić information content (AvgIpc) is 2.42. The molecule has 4 nitrogen and oxygen atoms in total. The van der Waals surface area contributed by atoms with Crippen LogP contribution in [0.5, 0.6) is 0 Å². The molecule has 4 heteroatoms. The van der Waals surface area contributed by atoms with Crippen LogP contribution in [-0.4, -0.2) is 23.9 Å². The normalized spacial score (nSPS) is 11.2. The van der Waals surface area contributed by atoms with Gasteiger partial charge in [-0.2, -0.15) is 0 Å². The van der Waals surface area contributed by atoms with Gasteiger partial charge in [0.25, 0.3) is 5.91 Å². The number of benzene rings is 2. The lowest BCUT2D eigenvalue weighted by molar-refractivity contribution is -0.121. The van der Waals surface area contributed by atoms with Gasteiger partial charge in [0.1, 0.15) is 0 Å². The van der Waals surface area contributed by atoms with Crippen LogP contribution in [0.25, 0.3) is 10.8 Å². The van der Waals surface area contributed by atoms with Gasteiger partial charge < -0.3 is 10.6 Å². The fourth-order valence-corrected chi connectivity index (χ4v) is 2.14. The van der Waals surface area contributed by atoms with Crippen LogP contribution in [0.15, 0.2) is 42.5 Å². The van der Waals surface area contributed by atoms with Gasteiger partial charge in [-0.25, -0.2) is 0 Å². The Morgan fingerprint density at radius 2 is 1.67 bits per heavy atom. The van der Waals surface area contributed by atoms with Gasteiger partial charge in [-0.1, -0.05) is 36.4 Å². The number of carbonyl (C=O) groups excluding carboxylic acids is 2. The molecule has 2 rings (SSSR count). The highest BCUT2D eigenvalue weighted by Gasteiger charge is 2.15. The summed E-state index contributed by atoms with van der Waals surface area (Å²) in [4.78, 5) is 24.0. The van der Waals surface area contributed by atoms with Crippen LogP contribution in [0.1, 0.15) is 31.1 Å². The predicted octanol–water partition coefficient (Wildman–Crippen LogP) is 2.48. The van der Waals surface area contributed by atoms with Gasteiger partial charge in [0.05, 0.1) is 6.54 Å². The van der Waals surface area contributed by atoms with E-state index in [1.54, 1.807) is 6.07 Å². The molecule has 0 aromatic heterocycles. The molecule has 0 bridgehead atoms. The number of carbonyl (C=O) groups is 2. The van der Waals surface area contributed by atoms with Crippen LogP contribution >= 0.6 is 0 Å². The van der Waals surface area contributed by atoms with Crippen molar-refractivity contribution in [2.75, 3.05) is 6.54 Å². The lowest BCUT2D eigenvalue weighted by atomic mass is 10.0. The van der Waals surface area contributed by atoms with E-state index in [4.69, 9.17) is 0 Å². The molecule has 0 fully saturated rings. The first-order valence-electron chi connectivity index (χ1n) is 6.94. The molecule has 0 spiro atoms. The van der Waals surface area contributed by atoms with E-state index in [9.17, 15) is 9.59 Å². The number of hydrogen-bond acceptors (Lipinski definition) is 2.